The molecule has 22 heavy (non-hydrogen) atoms. The van der Waals surface area contributed by atoms with Crippen molar-refractivity contribution in [1.29, 1.82) is 0 Å². The zero-order chi connectivity index (χ0) is 15.9. The van der Waals surface area contributed by atoms with Crippen molar-refractivity contribution < 1.29 is 22.8 Å². The monoisotopic (exact) mass is 308 g/mol. The zero-order valence-electron chi connectivity index (χ0n) is 11.6. The number of benzene rings is 1. The fourth-order valence-corrected chi connectivity index (χ4v) is 1.74. The second-order valence-electron chi connectivity index (χ2n) is 4.54. The van der Waals surface area contributed by atoms with Crippen molar-refractivity contribution in [2.45, 2.75) is 13.0 Å². The maximum Gasteiger partial charge on any atom is 0.254 e. The van der Waals surface area contributed by atoms with Crippen LogP contribution in [0.1, 0.15) is 22.3 Å². The molecule has 2 rings (SSSR count). The van der Waals surface area contributed by atoms with Crippen molar-refractivity contribution in [2.24, 2.45) is 0 Å². The van der Waals surface area contributed by atoms with Crippen LogP contribution >= 0.6 is 0 Å². The fourth-order valence-electron chi connectivity index (χ4n) is 1.74. The van der Waals surface area contributed by atoms with Crippen LogP contribution in [0.15, 0.2) is 41.2 Å². The zero-order valence-corrected chi connectivity index (χ0v) is 11.6. The number of hydrogen-bond donors (Lipinski definition) is 2. The minimum Gasteiger partial charge on any atom is -0.472 e. The minimum absolute atomic E-state index is 0.0480. The molecule has 116 valence electrons. The van der Waals surface area contributed by atoms with Gasteiger partial charge >= 0.3 is 0 Å². The predicted octanol–water partition coefficient (Wildman–Crippen LogP) is 1.99. The molecule has 1 aromatic carbocycles. The lowest BCUT2D eigenvalue weighted by Gasteiger charge is -2.07. The van der Waals surface area contributed by atoms with E-state index in [1.54, 1.807) is 6.07 Å². The standard InChI is InChI=1S/C15H14F2N2O3/c16-11-1-2-12(13(17)7-11)15(21)18-5-3-14(20)19-8-10-4-6-22-9-10/h1-2,4,6-7,9H,3,5,8H2,(H,18,21)(H,19,20). The van der Waals surface area contributed by atoms with E-state index in [2.05, 4.69) is 10.6 Å². The SMILES string of the molecule is O=C(CCNC(=O)c1ccc(F)cc1F)NCc1ccoc1. The van der Waals surface area contributed by atoms with Crippen LogP contribution in [0.25, 0.3) is 0 Å². The van der Waals surface area contributed by atoms with Crippen molar-refractivity contribution in [3.05, 3.63) is 59.6 Å². The Labute approximate surface area is 125 Å². The average molecular weight is 308 g/mol. The molecule has 0 saturated carbocycles. The molecular weight excluding hydrogens is 294 g/mol. The smallest absolute Gasteiger partial charge is 0.254 e. The van der Waals surface area contributed by atoms with Gasteiger partial charge in [-0.2, -0.15) is 0 Å². The summed E-state index contributed by atoms with van der Waals surface area (Å²) in [5.41, 5.74) is 0.561. The van der Waals surface area contributed by atoms with Gasteiger partial charge in [0.25, 0.3) is 5.91 Å². The Morgan fingerprint density at radius 1 is 1.14 bits per heavy atom. The summed E-state index contributed by atoms with van der Waals surface area (Å²) in [6.07, 6.45) is 3.06. The van der Waals surface area contributed by atoms with E-state index >= 15 is 0 Å². The topological polar surface area (TPSA) is 71.3 Å². The third-order valence-electron chi connectivity index (χ3n) is 2.88. The van der Waals surface area contributed by atoms with Crippen LogP contribution in [0.2, 0.25) is 0 Å². The number of nitrogens with one attached hydrogen (secondary N) is 2. The molecule has 0 unspecified atom stereocenters. The van der Waals surface area contributed by atoms with Gasteiger partial charge in [-0.15, -0.1) is 0 Å². The highest BCUT2D eigenvalue weighted by Gasteiger charge is 2.12. The number of halogens is 2. The summed E-state index contributed by atoms with van der Waals surface area (Å²) in [6.45, 7) is 0.378. The minimum atomic E-state index is -0.943. The lowest BCUT2D eigenvalue weighted by molar-refractivity contribution is -0.121. The van der Waals surface area contributed by atoms with Crippen LogP contribution in [-0.4, -0.2) is 18.4 Å². The van der Waals surface area contributed by atoms with Gasteiger partial charge in [-0.05, 0) is 18.2 Å². The average Bonchev–Trinajstić information content (AvgIpc) is 2.98. The molecule has 0 fully saturated rings. The van der Waals surface area contributed by atoms with Crippen LogP contribution in [0.3, 0.4) is 0 Å². The molecule has 0 spiro atoms. The van der Waals surface area contributed by atoms with Crippen LogP contribution in [0, 0.1) is 11.6 Å². The van der Waals surface area contributed by atoms with Crippen molar-refractivity contribution >= 4 is 11.8 Å². The van der Waals surface area contributed by atoms with Crippen LogP contribution in [0.4, 0.5) is 8.78 Å². The summed E-state index contributed by atoms with van der Waals surface area (Å²) >= 11 is 0. The van der Waals surface area contributed by atoms with Gasteiger partial charge in [0.1, 0.15) is 11.6 Å². The highest BCUT2D eigenvalue weighted by Crippen LogP contribution is 2.09. The molecule has 0 bridgehead atoms. The number of amides is 2. The maximum absolute atomic E-state index is 13.4. The summed E-state index contributed by atoms with van der Waals surface area (Å²) in [6, 6.07) is 4.40. The van der Waals surface area contributed by atoms with E-state index in [0.29, 0.717) is 12.6 Å². The van der Waals surface area contributed by atoms with Crippen LogP contribution < -0.4 is 10.6 Å². The highest BCUT2D eigenvalue weighted by atomic mass is 19.1. The van der Waals surface area contributed by atoms with E-state index in [4.69, 9.17) is 4.42 Å². The normalized spacial score (nSPS) is 10.3. The van der Waals surface area contributed by atoms with Gasteiger partial charge < -0.3 is 15.1 Å². The number of carbonyl (C=O) groups excluding carboxylic acids is 2. The fraction of sp³-hybridized carbons (Fsp3) is 0.200. The highest BCUT2D eigenvalue weighted by molar-refractivity contribution is 5.94. The van der Waals surface area contributed by atoms with E-state index in [-0.39, 0.29) is 24.4 Å². The van der Waals surface area contributed by atoms with Crippen molar-refractivity contribution in [3.63, 3.8) is 0 Å². The molecule has 7 heteroatoms. The van der Waals surface area contributed by atoms with Gasteiger partial charge in [-0.25, -0.2) is 8.78 Å². The summed E-state index contributed by atoms with van der Waals surface area (Å²) in [5.74, 6) is -2.66. The first-order valence-electron chi connectivity index (χ1n) is 6.57. The van der Waals surface area contributed by atoms with Gasteiger partial charge in [0, 0.05) is 31.1 Å². The van der Waals surface area contributed by atoms with Crippen molar-refractivity contribution in [1.82, 2.24) is 10.6 Å². The van der Waals surface area contributed by atoms with Crippen molar-refractivity contribution in [3.8, 4) is 0 Å². The third kappa shape index (κ3) is 4.41. The molecule has 2 amide bonds. The first-order chi connectivity index (χ1) is 10.6. The van der Waals surface area contributed by atoms with Gasteiger partial charge in [0.05, 0.1) is 18.1 Å². The van der Waals surface area contributed by atoms with Crippen LogP contribution in [0.5, 0.6) is 0 Å². The number of hydrogen-bond acceptors (Lipinski definition) is 3. The Morgan fingerprint density at radius 3 is 2.64 bits per heavy atom. The van der Waals surface area contributed by atoms with E-state index in [9.17, 15) is 18.4 Å². The number of rotatable bonds is 6. The molecule has 2 N–H and O–H groups in total. The molecule has 0 saturated heterocycles. The van der Waals surface area contributed by atoms with E-state index < -0.39 is 17.5 Å². The lowest BCUT2D eigenvalue weighted by atomic mass is 10.2. The summed E-state index contributed by atoms with van der Waals surface area (Å²) < 4.78 is 31.0. The molecule has 0 radical (unpaired) electrons. The molecule has 0 aliphatic heterocycles. The molecule has 2 aromatic rings. The first kappa shape index (κ1) is 15.7. The Bertz CT molecular complexity index is 657. The molecule has 0 atom stereocenters. The van der Waals surface area contributed by atoms with Gasteiger partial charge in [-0.3, -0.25) is 9.59 Å². The molecule has 1 aromatic heterocycles. The van der Waals surface area contributed by atoms with Gasteiger partial charge in [0.15, 0.2) is 0 Å². The Hall–Kier alpha value is -2.70. The van der Waals surface area contributed by atoms with Crippen molar-refractivity contribution in [2.75, 3.05) is 6.54 Å². The summed E-state index contributed by atoms with van der Waals surface area (Å²) in [7, 11) is 0. The second kappa shape index (κ2) is 7.35. The molecule has 0 aliphatic rings. The van der Waals surface area contributed by atoms with Gasteiger partial charge in [-0.1, -0.05) is 0 Å². The molecule has 0 aliphatic carbocycles. The number of carbonyl (C=O) groups is 2. The Kier molecular flexibility index (Phi) is 5.24. The largest absolute Gasteiger partial charge is 0.472 e. The quantitative estimate of drug-likeness (QED) is 0.857. The lowest BCUT2D eigenvalue weighted by Crippen LogP contribution is -2.30. The predicted molar refractivity (Wildman–Crippen MR) is 73.9 cm³/mol. The first-order valence-corrected chi connectivity index (χ1v) is 6.57. The summed E-state index contributed by atoms with van der Waals surface area (Å²) in [4.78, 5) is 23.2. The Balaban J connectivity index is 1.73. The van der Waals surface area contributed by atoms with E-state index in [1.807, 2.05) is 0 Å². The maximum atomic E-state index is 13.4. The third-order valence-corrected chi connectivity index (χ3v) is 2.88. The van der Waals surface area contributed by atoms with E-state index in [0.717, 1.165) is 17.7 Å². The van der Waals surface area contributed by atoms with Gasteiger partial charge in [0.2, 0.25) is 5.91 Å². The molecule has 5 nitrogen and oxygen atoms in total. The van der Waals surface area contributed by atoms with Crippen LogP contribution in [-0.2, 0) is 11.3 Å². The summed E-state index contributed by atoms with van der Waals surface area (Å²) in [5, 5.41) is 5.05. The van der Waals surface area contributed by atoms with E-state index in [1.165, 1.54) is 12.5 Å². The Morgan fingerprint density at radius 2 is 1.95 bits per heavy atom. The molecular formula is C15H14F2N2O3. The molecule has 1 heterocycles. The second-order valence-corrected chi connectivity index (χ2v) is 4.54. The number of furan rings is 1.